The second-order valence-electron chi connectivity index (χ2n) is 5.46. The number of hydrogen-bond acceptors (Lipinski definition) is 2. The molecule has 15 heavy (non-hydrogen) atoms. The highest BCUT2D eigenvalue weighted by Gasteiger charge is 2.00. The fourth-order valence-corrected chi connectivity index (χ4v) is 1.74. The van der Waals surface area contributed by atoms with Crippen LogP contribution in [0.3, 0.4) is 0 Å². The normalized spacial score (nSPS) is 12.0. The predicted molar refractivity (Wildman–Crippen MR) is 69.3 cm³/mol. The molecule has 0 atom stereocenters. The zero-order chi connectivity index (χ0) is 11.7. The van der Waals surface area contributed by atoms with Gasteiger partial charge in [0.2, 0.25) is 0 Å². The highest BCUT2D eigenvalue weighted by atomic mass is 15.1. The zero-order valence-corrected chi connectivity index (χ0v) is 11.3. The Morgan fingerprint density at radius 1 is 1.00 bits per heavy atom. The Morgan fingerprint density at radius 3 is 2.20 bits per heavy atom. The highest BCUT2D eigenvalue weighted by Crippen LogP contribution is 1.98. The molecule has 0 aliphatic rings. The van der Waals surface area contributed by atoms with Gasteiger partial charge in [-0.1, -0.05) is 27.7 Å². The molecule has 1 N–H and O–H groups in total. The quantitative estimate of drug-likeness (QED) is 0.594. The zero-order valence-electron chi connectivity index (χ0n) is 11.3. The Balaban J connectivity index is 3.16. The number of rotatable bonds is 9. The molecular formula is C13H30N2. The molecule has 0 rings (SSSR count). The first-order chi connectivity index (χ1) is 7.02. The van der Waals surface area contributed by atoms with E-state index in [2.05, 4.69) is 45.0 Å². The number of nitrogens with one attached hydrogen (secondary N) is 1. The molecule has 0 saturated carbocycles. The van der Waals surface area contributed by atoms with Gasteiger partial charge in [-0.2, -0.15) is 0 Å². The van der Waals surface area contributed by atoms with Crippen LogP contribution < -0.4 is 5.32 Å². The van der Waals surface area contributed by atoms with Crippen molar-refractivity contribution in [3.8, 4) is 0 Å². The molecule has 0 bridgehead atoms. The molecule has 0 aromatic heterocycles. The summed E-state index contributed by atoms with van der Waals surface area (Å²) in [6.45, 7) is 13.9. The number of unbranched alkanes of at least 4 members (excludes halogenated alkanes) is 1. The Bertz CT molecular complexity index is 132. The van der Waals surface area contributed by atoms with Gasteiger partial charge in [0, 0.05) is 6.54 Å². The Hall–Kier alpha value is -0.0800. The summed E-state index contributed by atoms with van der Waals surface area (Å²) in [4.78, 5) is 2.44. The van der Waals surface area contributed by atoms with Gasteiger partial charge in [-0.15, -0.1) is 0 Å². The van der Waals surface area contributed by atoms with Crippen LogP contribution in [-0.4, -0.2) is 38.1 Å². The SMILES string of the molecule is CC(C)CNCCCCN(C)CC(C)C. The van der Waals surface area contributed by atoms with Crippen LogP contribution in [0.15, 0.2) is 0 Å². The predicted octanol–water partition coefficient (Wildman–Crippen LogP) is 2.60. The summed E-state index contributed by atoms with van der Waals surface area (Å²) >= 11 is 0. The number of hydrogen-bond donors (Lipinski definition) is 1. The standard InChI is InChI=1S/C13H30N2/c1-12(2)10-14-8-6-7-9-15(5)11-13(3)4/h12-14H,6-11H2,1-5H3. The van der Waals surface area contributed by atoms with Gasteiger partial charge in [-0.25, -0.2) is 0 Å². The first-order valence-corrected chi connectivity index (χ1v) is 6.41. The summed E-state index contributed by atoms with van der Waals surface area (Å²) in [6, 6.07) is 0. The Kier molecular flexibility index (Phi) is 9.12. The maximum atomic E-state index is 3.48. The van der Waals surface area contributed by atoms with Crippen LogP contribution in [0.1, 0.15) is 40.5 Å². The Morgan fingerprint density at radius 2 is 1.67 bits per heavy atom. The van der Waals surface area contributed by atoms with Crippen molar-refractivity contribution < 1.29 is 0 Å². The molecule has 0 aliphatic heterocycles. The van der Waals surface area contributed by atoms with Crippen LogP contribution in [0.25, 0.3) is 0 Å². The first kappa shape index (κ1) is 14.9. The summed E-state index contributed by atoms with van der Waals surface area (Å²) in [5.74, 6) is 1.56. The highest BCUT2D eigenvalue weighted by molar-refractivity contribution is 4.57. The molecule has 0 saturated heterocycles. The van der Waals surface area contributed by atoms with E-state index in [1.807, 2.05) is 0 Å². The van der Waals surface area contributed by atoms with Crippen LogP contribution in [0.2, 0.25) is 0 Å². The molecule has 0 fully saturated rings. The summed E-state index contributed by atoms with van der Waals surface area (Å²) < 4.78 is 0. The largest absolute Gasteiger partial charge is 0.316 e. The van der Waals surface area contributed by atoms with E-state index in [9.17, 15) is 0 Å². The third-order valence-electron chi connectivity index (χ3n) is 2.37. The van der Waals surface area contributed by atoms with Gasteiger partial charge >= 0.3 is 0 Å². The van der Waals surface area contributed by atoms with Gasteiger partial charge in [0.1, 0.15) is 0 Å². The Labute approximate surface area is 96.4 Å². The lowest BCUT2D eigenvalue weighted by Gasteiger charge is -2.18. The summed E-state index contributed by atoms with van der Waals surface area (Å²) in [5, 5.41) is 3.48. The topological polar surface area (TPSA) is 15.3 Å². The second kappa shape index (κ2) is 9.17. The maximum Gasteiger partial charge on any atom is 0.000133 e. The van der Waals surface area contributed by atoms with Crippen molar-refractivity contribution in [2.75, 3.05) is 33.2 Å². The van der Waals surface area contributed by atoms with E-state index in [4.69, 9.17) is 0 Å². The van der Waals surface area contributed by atoms with Crippen molar-refractivity contribution in [1.82, 2.24) is 10.2 Å². The van der Waals surface area contributed by atoms with Gasteiger partial charge in [-0.05, 0) is 51.4 Å². The van der Waals surface area contributed by atoms with E-state index in [0.29, 0.717) is 0 Å². The van der Waals surface area contributed by atoms with Gasteiger partial charge in [0.15, 0.2) is 0 Å². The summed E-state index contributed by atoms with van der Waals surface area (Å²) in [5.41, 5.74) is 0. The lowest BCUT2D eigenvalue weighted by molar-refractivity contribution is 0.289. The molecule has 0 aromatic carbocycles. The van der Waals surface area contributed by atoms with Crippen molar-refractivity contribution in [2.45, 2.75) is 40.5 Å². The van der Waals surface area contributed by atoms with Crippen molar-refractivity contribution in [1.29, 1.82) is 0 Å². The smallest absolute Gasteiger partial charge is 0.000133 e. The van der Waals surface area contributed by atoms with Crippen LogP contribution in [0, 0.1) is 11.8 Å². The van der Waals surface area contributed by atoms with Crippen LogP contribution in [-0.2, 0) is 0 Å². The molecule has 0 amide bonds. The fraction of sp³-hybridized carbons (Fsp3) is 1.00. The van der Waals surface area contributed by atoms with E-state index < -0.39 is 0 Å². The number of nitrogens with zero attached hydrogens (tertiary/aromatic N) is 1. The van der Waals surface area contributed by atoms with Crippen molar-refractivity contribution in [3.05, 3.63) is 0 Å². The van der Waals surface area contributed by atoms with E-state index in [0.717, 1.165) is 18.4 Å². The molecule has 0 heterocycles. The molecule has 2 nitrogen and oxygen atoms in total. The van der Waals surface area contributed by atoms with E-state index >= 15 is 0 Å². The van der Waals surface area contributed by atoms with Gasteiger partial charge in [0.25, 0.3) is 0 Å². The average Bonchev–Trinajstić information content (AvgIpc) is 2.09. The minimum Gasteiger partial charge on any atom is -0.316 e. The maximum absolute atomic E-state index is 3.48. The molecule has 0 aliphatic carbocycles. The summed E-state index contributed by atoms with van der Waals surface area (Å²) in [6.07, 6.45) is 2.61. The molecule has 0 aromatic rings. The molecule has 0 spiro atoms. The van der Waals surface area contributed by atoms with Crippen molar-refractivity contribution in [3.63, 3.8) is 0 Å². The minimum absolute atomic E-state index is 0.772. The third kappa shape index (κ3) is 11.8. The lowest BCUT2D eigenvalue weighted by atomic mass is 10.2. The average molecular weight is 214 g/mol. The lowest BCUT2D eigenvalue weighted by Crippen LogP contribution is -2.26. The van der Waals surface area contributed by atoms with Gasteiger partial charge in [0.05, 0.1) is 0 Å². The van der Waals surface area contributed by atoms with Crippen LogP contribution >= 0.6 is 0 Å². The molecule has 2 heteroatoms. The molecule has 0 unspecified atom stereocenters. The second-order valence-corrected chi connectivity index (χ2v) is 5.46. The molecular weight excluding hydrogens is 184 g/mol. The van der Waals surface area contributed by atoms with E-state index in [-0.39, 0.29) is 0 Å². The monoisotopic (exact) mass is 214 g/mol. The minimum atomic E-state index is 0.772. The molecule has 0 radical (unpaired) electrons. The summed E-state index contributed by atoms with van der Waals surface area (Å²) in [7, 11) is 2.22. The van der Waals surface area contributed by atoms with Crippen LogP contribution in [0.5, 0.6) is 0 Å². The van der Waals surface area contributed by atoms with Crippen LogP contribution in [0.4, 0.5) is 0 Å². The van der Waals surface area contributed by atoms with Crippen molar-refractivity contribution >= 4 is 0 Å². The van der Waals surface area contributed by atoms with Gasteiger partial charge < -0.3 is 10.2 Å². The third-order valence-corrected chi connectivity index (χ3v) is 2.37. The molecule has 92 valence electrons. The van der Waals surface area contributed by atoms with E-state index in [1.165, 1.54) is 32.5 Å². The van der Waals surface area contributed by atoms with Crippen molar-refractivity contribution in [2.24, 2.45) is 11.8 Å². The van der Waals surface area contributed by atoms with E-state index in [1.54, 1.807) is 0 Å². The first-order valence-electron chi connectivity index (χ1n) is 6.41. The fourth-order valence-electron chi connectivity index (χ4n) is 1.74. The van der Waals surface area contributed by atoms with Gasteiger partial charge in [-0.3, -0.25) is 0 Å².